The van der Waals surface area contributed by atoms with Gasteiger partial charge in [0, 0.05) is 35.4 Å². The molecule has 8 nitrogen and oxygen atoms in total. The standard InChI is InChI=1S/C24H31ClN6O2/c1-24(2,3)33-23(32)29-18-10-8-17(9-11-18)28-21-22-30-20(15-4-6-16(25)7-5-15)14-31(22)19(12-26)13-27-21/h4-7,13-14,17-18H,8-12,26H2,1-3H3,(H,27,28)(H,29,32)/t17-,18-. The summed E-state index contributed by atoms with van der Waals surface area (Å²) in [7, 11) is 0. The van der Waals surface area contributed by atoms with Crippen LogP contribution >= 0.6 is 11.6 Å². The van der Waals surface area contributed by atoms with Crippen LogP contribution in [0.3, 0.4) is 0 Å². The molecule has 0 unspecified atom stereocenters. The molecule has 4 N–H and O–H groups in total. The third-order valence-corrected chi connectivity index (χ3v) is 5.96. The third-order valence-electron chi connectivity index (χ3n) is 5.71. The van der Waals surface area contributed by atoms with Crippen molar-refractivity contribution in [3.05, 3.63) is 47.4 Å². The lowest BCUT2D eigenvalue weighted by Crippen LogP contribution is -2.42. The summed E-state index contributed by atoms with van der Waals surface area (Å²) < 4.78 is 7.37. The predicted octanol–water partition coefficient (Wildman–Crippen LogP) is 4.76. The number of carbonyl (C=O) groups excluding carboxylic acids is 1. The van der Waals surface area contributed by atoms with E-state index in [9.17, 15) is 4.79 Å². The van der Waals surface area contributed by atoms with Crippen LogP contribution in [0.25, 0.3) is 16.9 Å². The number of nitrogens with one attached hydrogen (secondary N) is 2. The highest BCUT2D eigenvalue weighted by molar-refractivity contribution is 6.30. The van der Waals surface area contributed by atoms with Crippen molar-refractivity contribution in [1.29, 1.82) is 0 Å². The Morgan fingerprint density at radius 3 is 2.48 bits per heavy atom. The Morgan fingerprint density at radius 2 is 1.85 bits per heavy atom. The van der Waals surface area contributed by atoms with Gasteiger partial charge in [0.15, 0.2) is 11.5 Å². The zero-order valence-corrected chi connectivity index (χ0v) is 20.0. The molecule has 0 radical (unpaired) electrons. The van der Waals surface area contributed by atoms with Gasteiger partial charge in [0.1, 0.15) is 5.60 Å². The number of alkyl carbamates (subject to hydrolysis) is 1. The number of carbonyl (C=O) groups is 1. The second kappa shape index (κ2) is 9.57. The van der Waals surface area contributed by atoms with Crippen LogP contribution in [0.4, 0.5) is 10.6 Å². The molecular weight excluding hydrogens is 440 g/mol. The number of nitrogens with two attached hydrogens (primary N) is 1. The maximum atomic E-state index is 12.1. The molecule has 0 spiro atoms. The van der Waals surface area contributed by atoms with Crippen molar-refractivity contribution in [3.8, 4) is 11.3 Å². The summed E-state index contributed by atoms with van der Waals surface area (Å²) in [6.45, 7) is 5.96. The number of halogens is 1. The fourth-order valence-corrected chi connectivity index (χ4v) is 4.21. The van der Waals surface area contributed by atoms with Gasteiger partial charge in [-0.1, -0.05) is 23.7 Å². The van der Waals surface area contributed by atoms with Gasteiger partial charge in [-0.15, -0.1) is 0 Å². The van der Waals surface area contributed by atoms with E-state index < -0.39 is 5.60 Å². The Labute approximate surface area is 198 Å². The van der Waals surface area contributed by atoms with E-state index >= 15 is 0 Å². The smallest absolute Gasteiger partial charge is 0.407 e. The van der Waals surface area contributed by atoms with Crippen molar-refractivity contribution in [2.75, 3.05) is 5.32 Å². The summed E-state index contributed by atoms with van der Waals surface area (Å²) >= 11 is 6.03. The number of benzene rings is 1. The largest absolute Gasteiger partial charge is 0.444 e. The molecule has 1 aliphatic rings. The highest BCUT2D eigenvalue weighted by Crippen LogP contribution is 2.27. The first-order valence-corrected chi connectivity index (χ1v) is 11.7. The molecule has 2 aromatic heterocycles. The topological polar surface area (TPSA) is 107 Å². The van der Waals surface area contributed by atoms with Gasteiger partial charge in [-0.3, -0.25) is 4.40 Å². The van der Waals surface area contributed by atoms with Gasteiger partial charge in [-0.25, -0.2) is 14.8 Å². The quantitative estimate of drug-likeness (QED) is 0.496. The highest BCUT2D eigenvalue weighted by Gasteiger charge is 2.25. The Bertz CT molecular complexity index is 1110. The lowest BCUT2D eigenvalue weighted by Gasteiger charge is -2.30. The number of aromatic nitrogens is 3. The van der Waals surface area contributed by atoms with E-state index in [-0.39, 0.29) is 18.2 Å². The van der Waals surface area contributed by atoms with E-state index in [1.54, 1.807) is 6.20 Å². The first kappa shape index (κ1) is 23.3. The number of ether oxygens (including phenoxy) is 1. The average Bonchev–Trinajstić information content (AvgIpc) is 3.20. The molecule has 9 heteroatoms. The summed E-state index contributed by atoms with van der Waals surface area (Å²) in [5, 5.41) is 7.23. The molecule has 4 rings (SSSR count). The molecule has 0 atom stereocenters. The van der Waals surface area contributed by atoms with Crippen molar-refractivity contribution in [2.24, 2.45) is 5.73 Å². The lowest BCUT2D eigenvalue weighted by atomic mass is 9.91. The van der Waals surface area contributed by atoms with Crippen LogP contribution in [0.1, 0.15) is 52.1 Å². The molecule has 0 aliphatic heterocycles. The summed E-state index contributed by atoms with van der Waals surface area (Å²) in [5.74, 6) is 0.732. The van der Waals surface area contributed by atoms with Gasteiger partial charge >= 0.3 is 6.09 Å². The lowest BCUT2D eigenvalue weighted by molar-refractivity contribution is 0.0492. The second-order valence-corrected chi connectivity index (χ2v) is 9.90. The van der Waals surface area contributed by atoms with Crippen molar-refractivity contribution in [2.45, 2.75) is 70.7 Å². The number of amides is 1. The van der Waals surface area contributed by atoms with Crippen LogP contribution in [0.5, 0.6) is 0 Å². The highest BCUT2D eigenvalue weighted by atomic mass is 35.5. The van der Waals surface area contributed by atoms with Crippen LogP contribution in [0.15, 0.2) is 36.7 Å². The molecular formula is C24H31ClN6O2. The number of anilines is 1. The fraction of sp³-hybridized carbons (Fsp3) is 0.458. The number of imidazole rings is 1. The number of hydrogen-bond donors (Lipinski definition) is 3. The molecule has 1 aromatic carbocycles. The maximum Gasteiger partial charge on any atom is 0.407 e. The number of fused-ring (bicyclic) bond motifs is 1. The first-order chi connectivity index (χ1) is 15.7. The fourth-order valence-electron chi connectivity index (χ4n) is 4.09. The van der Waals surface area contributed by atoms with E-state index in [0.717, 1.165) is 54.1 Å². The zero-order chi connectivity index (χ0) is 23.6. The Morgan fingerprint density at radius 1 is 1.18 bits per heavy atom. The second-order valence-electron chi connectivity index (χ2n) is 9.47. The molecule has 1 saturated carbocycles. The molecule has 1 aliphatic carbocycles. The van der Waals surface area contributed by atoms with Gasteiger partial charge in [0.2, 0.25) is 0 Å². The van der Waals surface area contributed by atoms with Crippen molar-refractivity contribution >= 4 is 29.2 Å². The van der Waals surface area contributed by atoms with E-state index in [0.29, 0.717) is 11.6 Å². The molecule has 1 amide bonds. The number of rotatable bonds is 5. The van der Waals surface area contributed by atoms with E-state index in [1.807, 2.05) is 55.6 Å². The number of hydrogen-bond acceptors (Lipinski definition) is 6. The average molecular weight is 471 g/mol. The molecule has 176 valence electrons. The normalized spacial score (nSPS) is 18.8. The monoisotopic (exact) mass is 470 g/mol. The molecule has 33 heavy (non-hydrogen) atoms. The molecule has 0 bridgehead atoms. The van der Waals surface area contributed by atoms with Gasteiger partial charge in [0.05, 0.1) is 17.6 Å². The van der Waals surface area contributed by atoms with Crippen LogP contribution in [-0.4, -0.2) is 38.1 Å². The summed E-state index contributed by atoms with van der Waals surface area (Å²) in [6.07, 6.45) is 6.99. The van der Waals surface area contributed by atoms with Crippen molar-refractivity contribution in [1.82, 2.24) is 19.7 Å². The minimum absolute atomic E-state index is 0.119. The Kier molecular flexibility index (Phi) is 6.76. The van der Waals surface area contributed by atoms with Gasteiger partial charge in [0.25, 0.3) is 0 Å². The minimum Gasteiger partial charge on any atom is -0.444 e. The van der Waals surface area contributed by atoms with E-state index in [4.69, 9.17) is 27.1 Å². The van der Waals surface area contributed by atoms with Gasteiger partial charge in [-0.05, 0) is 58.6 Å². The molecule has 0 saturated heterocycles. The van der Waals surface area contributed by atoms with E-state index in [2.05, 4.69) is 15.6 Å². The Hall–Kier alpha value is -2.84. The molecule has 1 fully saturated rings. The minimum atomic E-state index is -0.495. The SMILES string of the molecule is CC(C)(C)OC(=O)N[C@H]1CC[C@H](Nc2ncc(CN)n3cc(-c4ccc(Cl)cc4)nc23)CC1. The molecule has 2 heterocycles. The molecule has 3 aromatic rings. The van der Waals surface area contributed by atoms with E-state index in [1.165, 1.54) is 0 Å². The summed E-state index contributed by atoms with van der Waals surface area (Å²) in [5.41, 5.74) is 8.89. The maximum absolute atomic E-state index is 12.1. The van der Waals surface area contributed by atoms with Crippen LogP contribution < -0.4 is 16.4 Å². The Balaban J connectivity index is 1.46. The first-order valence-electron chi connectivity index (χ1n) is 11.3. The summed E-state index contributed by atoms with van der Waals surface area (Å²) in [4.78, 5) is 21.5. The van der Waals surface area contributed by atoms with Crippen LogP contribution in [0.2, 0.25) is 5.02 Å². The third kappa shape index (κ3) is 5.75. The van der Waals surface area contributed by atoms with Crippen LogP contribution in [0, 0.1) is 0 Å². The van der Waals surface area contributed by atoms with Crippen molar-refractivity contribution in [3.63, 3.8) is 0 Å². The van der Waals surface area contributed by atoms with Crippen LogP contribution in [-0.2, 0) is 11.3 Å². The zero-order valence-electron chi connectivity index (χ0n) is 19.3. The number of nitrogens with zero attached hydrogens (tertiary/aromatic N) is 3. The van der Waals surface area contributed by atoms with Gasteiger partial charge < -0.3 is 21.1 Å². The predicted molar refractivity (Wildman–Crippen MR) is 130 cm³/mol. The van der Waals surface area contributed by atoms with Gasteiger partial charge in [-0.2, -0.15) is 0 Å². The summed E-state index contributed by atoms with van der Waals surface area (Å²) in [6, 6.07) is 7.97. The van der Waals surface area contributed by atoms with Crippen molar-refractivity contribution < 1.29 is 9.53 Å².